The number of anilines is 2. The molecule has 1 heterocycles. The number of nitrogens with zero attached hydrogens (tertiary/aromatic N) is 2. The molecule has 5 nitrogen and oxygen atoms in total. The van der Waals surface area contributed by atoms with Gasteiger partial charge in [0.1, 0.15) is 5.75 Å². The van der Waals surface area contributed by atoms with Gasteiger partial charge in [-0.05, 0) is 38.1 Å². The average molecular weight is 338 g/mol. The zero-order valence-electron chi connectivity index (χ0n) is 14.7. The summed E-state index contributed by atoms with van der Waals surface area (Å²) in [6.45, 7) is 3.81. The number of rotatable bonds is 4. The molecular formula is C20H22N2O3. The van der Waals surface area contributed by atoms with Gasteiger partial charge in [0.25, 0.3) is 5.91 Å². The molecule has 0 radical (unpaired) electrons. The molecule has 0 spiro atoms. The summed E-state index contributed by atoms with van der Waals surface area (Å²) in [5, 5.41) is 0. The number of para-hydroxylation sites is 3. The van der Waals surface area contributed by atoms with Crippen LogP contribution in [0, 0.1) is 0 Å². The van der Waals surface area contributed by atoms with E-state index in [1.807, 2.05) is 54.6 Å². The minimum absolute atomic E-state index is 0.0409. The number of ether oxygens (including phenoxy) is 1. The van der Waals surface area contributed by atoms with Crippen LogP contribution in [0.5, 0.6) is 5.75 Å². The van der Waals surface area contributed by atoms with E-state index in [1.165, 1.54) is 0 Å². The highest BCUT2D eigenvalue weighted by Crippen LogP contribution is 2.37. The van der Waals surface area contributed by atoms with Crippen LogP contribution in [0.2, 0.25) is 0 Å². The predicted octanol–water partition coefficient (Wildman–Crippen LogP) is 3.24. The Morgan fingerprint density at radius 3 is 2.44 bits per heavy atom. The van der Waals surface area contributed by atoms with E-state index in [1.54, 1.807) is 30.7 Å². The molecule has 2 aromatic rings. The summed E-state index contributed by atoms with van der Waals surface area (Å²) in [4.78, 5) is 28.5. The zero-order chi connectivity index (χ0) is 18.0. The van der Waals surface area contributed by atoms with E-state index < -0.39 is 5.60 Å². The van der Waals surface area contributed by atoms with Crippen LogP contribution in [0.3, 0.4) is 0 Å². The minimum Gasteiger partial charge on any atom is -0.476 e. The van der Waals surface area contributed by atoms with Gasteiger partial charge in [-0.1, -0.05) is 30.3 Å². The summed E-state index contributed by atoms with van der Waals surface area (Å²) in [5.41, 5.74) is 0.603. The number of carbonyl (C=O) groups excluding carboxylic acids is 2. The molecule has 0 saturated carbocycles. The van der Waals surface area contributed by atoms with Crippen LogP contribution in [0.15, 0.2) is 54.6 Å². The zero-order valence-corrected chi connectivity index (χ0v) is 14.7. The van der Waals surface area contributed by atoms with Crippen LogP contribution in [0.4, 0.5) is 11.4 Å². The lowest BCUT2D eigenvalue weighted by atomic mass is 10.0. The van der Waals surface area contributed by atoms with Crippen molar-refractivity contribution in [3.05, 3.63) is 54.6 Å². The van der Waals surface area contributed by atoms with Gasteiger partial charge in [0.2, 0.25) is 5.91 Å². The topological polar surface area (TPSA) is 49.9 Å². The van der Waals surface area contributed by atoms with Crippen molar-refractivity contribution in [2.45, 2.75) is 25.9 Å². The number of carbonyl (C=O) groups is 2. The number of benzene rings is 2. The highest BCUT2D eigenvalue weighted by atomic mass is 16.5. The molecule has 0 aromatic heterocycles. The summed E-state index contributed by atoms with van der Waals surface area (Å²) in [6.07, 6.45) is 0.238. The number of amides is 2. The third-order valence-corrected chi connectivity index (χ3v) is 4.35. The predicted molar refractivity (Wildman–Crippen MR) is 98.0 cm³/mol. The van der Waals surface area contributed by atoms with Gasteiger partial charge in [-0.2, -0.15) is 0 Å². The van der Waals surface area contributed by atoms with Crippen LogP contribution in [0.1, 0.15) is 20.3 Å². The maximum atomic E-state index is 12.7. The molecule has 0 atom stereocenters. The van der Waals surface area contributed by atoms with Crippen LogP contribution >= 0.6 is 0 Å². The van der Waals surface area contributed by atoms with E-state index in [-0.39, 0.29) is 18.2 Å². The Hall–Kier alpha value is -2.82. The lowest BCUT2D eigenvalue weighted by molar-refractivity contribution is -0.132. The molecule has 25 heavy (non-hydrogen) atoms. The Bertz CT molecular complexity index is 787. The fraction of sp³-hybridized carbons (Fsp3) is 0.300. The van der Waals surface area contributed by atoms with Crippen molar-refractivity contribution >= 4 is 23.2 Å². The third kappa shape index (κ3) is 3.36. The second-order valence-corrected chi connectivity index (χ2v) is 6.58. The highest BCUT2D eigenvalue weighted by Gasteiger charge is 2.40. The lowest BCUT2D eigenvalue weighted by Crippen LogP contribution is -2.53. The van der Waals surface area contributed by atoms with Crippen molar-refractivity contribution in [3.63, 3.8) is 0 Å². The molecule has 0 fully saturated rings. The average Bonchev–Trinajstić information content (AvgIpc) is 2.61. The molecule has 2 aromatic carbocycles. The molecule has 1 aliphatic rings. The first-order valence-corrected chi connectivity index (χ1v) is 8.32. The Balaban J connectivity index is 1.76. The highest BCUT2D eigenvalue weighted by molar-refractivity contribution is 6.03. The normalized spacial score (nSPS) is 15.3. The number of hydrogen-bond acceptors (Lipinski definition) is 3. The molecular weight excluding hydrogens is 316 g/mol. The van der Waals surface area contributed by atoms with Gasteiger partial charge in [0.15, 0.2) is 5.60 Å². The Morgan fingerprint density at radius 2 is 1.72 bits per heavy atom. The Morgan fingerprint density at radius 1 is 1.08 bits per heavy atom. The monoisotopic (exact) mass is 338 g/mol. The van der Waals surface area contributed by atoms with Gasteiger partial charge >= 0.3 is 0 Å². The van der Waals surface area contributed by atoms with Crippen molar-refractivity contribution in [3.8, 4) is 5.75 Å². The maximum absolute atomic E-state index is 12.7. The molecule has 3 rings (SSSR count). The van der Waals surface area contributed by atoms with Gasteiger partial charge in [0, 0.05) is 25.7 Å². The van der Waals surface area contributed by atoms with Gasteiger partial charge in [-0.25, -0.2) is 0 Å². The fourth-order valence-electron chi connectivity index (χ4n) is 2.91. The van der Waals surface area contributed by atoms with Crippen LogP contribution in [-0.4, -0.2) is 31.0 Å². The first-order valence-electron chi connectivity index (χ1n) is 8.32. The minimum atomic E-state index is -0.942. The number of hydrogen-bond donors (Lipinski definition) is 0. The van der Waals surface area contributed by atoms with Gasteiger partial charge in [-0.3, -0.25) is 9.59 Å². The lowest BCUT2D eigenvalue weighted by Gasteiger charge is -2.38. The molecule has 1 aliphatic heterocycles. The van der Waals surface area contributed by atoms with Gasteiger partial charge < -0.3 is 14.5 Å². The van der Waals surface area contributed by atoms with Crippen LogP contribution in [-0.2, 0) is 9.59 Å². The molecule has 0 bridgehead atoms. The third-order valence-electron chi connectivity index (χ3n) is 4.35. The SMILES string of the molecule is CN(C(=O)CCN1C(=O)C(C)(C)Oc2ccccc21)c1ccccc1. The molecule has 0 unspecified atom stereocenters. The summed E-state index contributed by atoms with van der Waals surface area (Å²) in [5.74, 6) is 0.484. The van der Waals surface area contributed by atoms with Crippen molar-refractivity contribution in [2.24, 2.45) is 0 Å². The van der Waals surface area contributed by atoms with E-state index in [0.717, 1.165) is 5.69 Å². The maximum Gasteiger partial charge on any atom is 0.270 e. The summed E-state index contributed by atoms with van der Waals surface area (Å²) >= 11 is 0. The van der Waals surface area contributed by atoms with E-state index in [0.29, 0.717) is 18.0 Å². The molecule has 130 valence electrons. The van der Waals surface area contributed by atoms with Crippen molar-refractivity contribution in [1.29, 1.82) is 0 Å². The van der Waals surface area contributed by atoms with Gasteiger partial charge in [-0.15, -0.1) is 0 Å². The quantitative estimate of drug-likeness (QED) is 0.860. The standard InChI is InChI=1S/C20H22N2O3/c1-20(2)19(24)22(16-11-7-8-12-17(16)25-20)14-13-18(23)21(3)15-9-5-4-6-10-15/h4-12H,13-14H2,1-3H3. The summed E-state index contributed by atoms with van der Waals surface area (Å²) in [7, 11) is 1.75. The molecule has 0 saturated heterocycles. The van der Waals surface area contributed by atoms with Crippen molar-refractivity contribution in [2.75, 3.05) is 23.4 Å². The van der Waals surface area contributed by atoms with Crippen molar-refractivity contribution < 1.29 is 14.3 Å². The Labute approximate surface area is 147 Å². The number of fused-ring (bicyclic) bond motifs is 1. The van der Waals surface area contributed by atoms with E-state index in [4.69, 9.17) is 4.74 Å². The van der Waals surface area contributed by atoms with E-state index in [2.05, 4.69) is 0 Å². The van der Waals surface area contributed by atoms with E-state index in [9.17, 15) is 9.59 Å². The fourth-order valence-corrected chi connectivity index (χ4v) is 2.91. The van der Waals surface area contributed by atoms with Crippen LogP contribution in [0.25, 0.3) is 0 Å². The Kier molecular flexibility index (Phi) is 4.49. The summed E-state index contributed by atoms with van der Waals surface area (Å²) < 4.78 is 5.80. The second kappa shape index (κ2) is 6.59. The molecule has 5 heteroatoms. The molecule has 0 N–H and O–H groups in total. The van der Waals surface area contributed by atoms with Crippen molar-refractivity contribution in [1.82, 2.24) is 0 Å². The van der Waals surface area contributed by atoms with Crippen LogP contribution < -0.4 is 14.5 Å². The molecule has 0 aliphatic carbocycles. The largest absolute Gasteiger partial charge is 0.476 e. The van der Waals surface area contributed by atoms with Gasteiger partial charge in [0.05, 0.1) is 5.69 Å². The second-order valence-electron chi connectivity index (χ2n) is 6.58. The first kappa shape index (κ1) is 17.0. The van der Waals surface area contributed by atoms with E-state index >= 15 is 0 Å². The summed E-state index contributed by atoms with van der Waals surface area (Å²) in [6, 6.07) is 16.9. The first-order chi connectivity index (χ1) is 11.9. The molecule has 2 amide bonds. The smallest absolute Gasteiger partial charge is 0.270 e.